The molecule has 1 aliphatic rings. The lowest BCUT2D eigenvalue weighted by Gasteiger charge is -2.26. The van der Waals surface area contributed by atoms with Gasteiger partial charge in [-0.25, -0.2) is 9.97 Å². The molecule has 2 aromatic rings. The van der Waals surface area contributed by atoms with Gasteiger partial charge in [-0.15, -0.1) is 0 Å². The first-order chi connectivity index (χ1) is 10.0. The number of nitrogens with zero attached hydrogens (tertiary/aromatic N) is 5. The predicted molar refractivity (Wildman–Crippen MR) is 83.4 cm³/mol. The molecule has 1 aliphatic heterocycles. The molecule has 0 spiro atoms. The zero-order valence-electron chi connectivity index (χ0n) is 13.2. The van der Waals surface area contributed by atoms with Crippen LogP contribution in [0.15, 0.2) is 18.5 Å². The Morgan fingerprint density at radius 1 is 1.29 bits per heavy atom. The molecule has 5 heteroatoms. The normalized spacial score (nSPS) is 18.7. The highest BCUT2D eigenvalue weighted by molar-refractivity contribution is 5.44. The summed E-state index contributed by atoms with van der Waals surface area (Å²) in [6.45, 7) is 7.38. The molecule has 21 heavy (non-hydrogen) atoms. The van der Waals surface area contributed by atoms with E-state index in [-0.39, 0.29) is 0 Å². The van der Waals surface area contributed by atoms with E-state index in [0.717, 1.165) is 30.3 Å². The van der Waals surface area contributed by atoms with Gasteiger partial charge in [0, 0.05) is 43.0 Å². The van der Waals surface area contributed by atoms with Gasteiger partial charge in [-0.05, 0) is 19.8 Å². The van der Waals surface area contributed by atoms with Crippen LogP contribution in [0.1, 0.15) is 55.7 Å². The fourth-order valence-corrected chi connectivity index (χ4v) is 2.98. The molecule has 0 radical (unpaired) electrons. The Labute approximate surface area is 126 Å². The van der Waals surface area contributed by atoms with E-state index in [0.29, 0.717) is 12.0 Å². The van der Waals surface area contributed by atoms with Crippen molar-refractivity contribution in [2.24, 2.45) is 7.05 Å². The van der Waals surface area contributed by atoms with E-state index in [1.165, 1.54) is 12.0 Å². The van der Waals surface area contributed by atoms with Crippen LogP contribution in [0.2, 0.25) is 0 Å². The first-order valence-corrected chi connectivity index (χ1v) is 7.65. The van der Waals surface area contributed by atoms with Crippen molar-refractivity contribution in [3.63, 3.8) is 0 Å². The Bertz CT molecular complexity index is 631. The lowest BCUT2D eigenvalue weighted by molar-refractivity contribution is 0.694. The Morgan fingerprint density at radius 3 is 2.76 bits per heavy atom. The summed E-state index contributed by atoms with van der Waals surface area (Å²) in [5.74, 6) is 2.34. The summed E-state index contributed by atoms with van der Waals surface area (Å²) in [6.07, 6.45) is 6.44. The monoisotopic (exact) mass is 285 g/mol. The van der Waals surface area contributed by atoms with Gasteiger partial charge in [-0.1, -0.05) is 13.8 Å². The molecular formula is C16H23N5. The van der Waals surface area contributed by atoms with Crippen LogP contribution in [0.5, 0.6) is 0 Å². The van der Waals surface area contributed by atoms with Crippen LogP contribution in [0.3, 0.4) is 0 Å². The number of rotatable bonds is 3. The molecule has 3 rings (SSSR count). The first-order valence-electron chi connectivity index (χ1n) is 7.65. The van der Waals surface area contributed by atoms with E-state index in [9.17, 15) is 0 Å². The molecule has 1 unspecified atom stereocenters. The van der Waals surface area contributed by atoms with Gasteiger partial charge in [0.15, 0.2) is 0 Å². The number of hydrogen-bond acceptors (Lipinski definition) is 4. The van der Waals surface area contributed by atoms with Gasteiger partial charge in [0.2, 0.25) is 0 Å². The van der Waals surface area contributed by atoms with Crippen molar-refractivity contribution >= 4 is 5.82 Å². The molecule has 1 atom stereocenters. The Kier molecular flexibility index (Phi) is 3.66. The molecule has 0 bridgehead atoms. The fraction of sp³-hybridized carbons (Fsp3) is 0.562. The van der Waals surface area contributed by atoms with Crippen molar-refractivity contribution in [3.8, 4) is 0 Å². The molecule has 0 saturated carbocycles. The second-order valence-corrected chi connectivity index (χ2v) is 6.18. The summed E-state index contributed by atoms with van der Waals surface area (Å²) in [7, 11) is 1.97. The van der Waals surface area contributed by atoms with E-state index >= 15 is 0 Å². The lowest BCUT2D eigenvalue weighted by Crippen LogP contribution is -2.24. The van der Waals surface area contributed by atoms with Gasteiger partial charge in [0.1, 0.15) is 11.6 Å². The van der Waals surface area contributed by atoms with Crippen molar-refractivity contribution in [3.05, 3.63) is 35.5 Å². The third-order valence-corrected chi connectivity index (χ3v) is 4.03. The zero-order valence-corrected chi connectivity index (χ0v) is 13.2. The molecule has 0 amide bonds. The van der Waals surface area contributed by atoms with Gasteiger partial charge in [-0.3, -0.25) is 4.68 Å². The van der Waals surface area contributed by atoms with Crippen molar-refractivity contribution in [1.29, 1.82) is 0 Å². The summed E-state index contributed by atoms with van der Waals surface area (Å²) in [5.41, 5.74) is 2.32. The van der Waals surface area contributed by atoms with E-state index < -0.39 is 0 Å². The van der Waals surface area contributed by atoms with Crippen LogP contribution < -0.4 is 4.90 Å². The SMILES string of the molecule is Cc1cc(N2CCCC2c2cnn(C)c2)nc(C(C)C)n1. The van der Waals surface area contributed by atoms with Crippen LogP contribution in [-0.4, -0.2) is 26.3 Å². The van der Waals surface area contributed by atoms with Gasteiger partial charge >= 0.3 is 0 Å². The average Bonchev–Trinajstić information content (AvgIpc) is 3.06. The molecule has 0 N–H and O–H groups in total. The van der Waals surface area contributed by atoms with Gasteiger partial charge in [-0.2, -0.15) is 5.10 Å². The standard InChI is InChI=1S/C16H23N5/c1-11(2)16-18-12(3)8-15(19-16)21-7-5-6-14(21)13-9-17-20(4)10-13/h8-11,14H,5-7H2,1-4H3. The smallest absolute Gasteiger partial charge is 0.133 e. The summed E-state index contributed by atoms with van der Waals surface area (Å²) in [4.78, 5) is 11.7. The third kappa shape index (κ3) is 2.77. The minimum atomic E-state index is 0.350. The maximum Gasteiger partial charge on any atom is 0.133 e. The second kappa shape index (κ2) is 5.47. The summed E-state index contributed by atoms with van der Waals surface area (Å²) in [6, 6.07) is 2.48. The van der Waals surface area contributed by atoms with Crippen molar-refractivity contribution in [2.45, 2.75) is 45.6 Å². The highest BCUT2D eigenvalue weighted by atomic mass is 15.3. The summed E-state index contributed by atoms with van der Waals surface area (Å²) in [5, 5.41) is 4.31. The van der Waals surface area contributed by atoms with Crippen LogP contribution in [0.4, 0.5) is 5.82 Å². The average molecular weight is 285 g/mol. The third-order valence-electron chi connectivity index (χ3n) is 4.03. The predicted octanol–water partition coefficient (Wildman–Crippen LogP) is 2.98. The maximum atomic E-state index is 4.79. The van der Waals surface area contributed by atoms with Crippen LogP contribution in [0, 0.1) is 6.92 Å². The second-order valence-electron chi connectivity index (χ2n) is 6.18. The van der Waals surface area contributed by atoms with Crippen molar-refractivity contribution < 1.29 is 0 Å². The van der Waals surface area contributed by atoms with Gasteiger partial charge < -0.3 is 4.90 Å². The minimum absolute atomic E-state index is 0.350. The topological polar surface area (TPSA) is 46.8 Å². The number of hydrogen-bond donors (Lipinski definition) is 0. The van der Waals surface area contributed by atoms with E-state index in [1.807, 2.05) is 24.9 Å². The Balaban J connectivity index is 1.95. The highest BCUT2D eigenvalue weighted by Gasteiger charge is 2.28. The Hall–Kier alpha value is -1.91. The molecule has 3 heterocycles. The van der Waals surface area contributed by atoms with Gasteiger partial charge in [0.05, 0.1) is 12.2 Å². The van der Waals surface area contributed by atoms with Crippen LogP contribution in [-0.2, 0) is 7.05 Å². The molecule has 2 aromatic heterocycles. The molecule has 1 saturated heterocycles. The Morgan fingerprint density at radius 2 is 2.10 bits per heavy atom. The quantitative estimate of drug-likeness (QED) is 0.870. The fourth-order valence-electron chi connectivity index (χ4n) is 2.98. The van der Waals surface area contributed by atoms with E-state index in [2.05, 4.69) is 41.1 Å². The molecule has 0 aliphatic carbocycles. The highest BCUT2D eigenvalue weighted by Crippen LogP contribution is 2.35. The number of anilines is 1. The molecule has 0 aromatic carbocycles. The number of aryl methyl sites for hydroxylation is 2. The summed E-state index contributed by atoms with van der Waals surface area (Å²) >= 11 is 0. The summed E-state index contributed by atoms with van der Waals surface area (Å²) < 4.78 is 1.87. The first kappa shape index (κ1) is 14.0. The lowest BCUT2D eigenvalue weighted by atomic mass is 10.1. The maximum absolute atomic E-state index is 4.79. The van der Waals surface area contributed by atoms with Crippen molar-refractivity contribution in [2.75, 3.05) is 11.4 Å². The molecule has 112 valence electrons. The minimum Gasteiger partial charge on any atom is -0.349 e. The molecule has 1 fully saturated rings. The van der Waals surface area contributed by atoms with Crippen molar-refractivity contribution in [1.82, 2.24) is 19.7 Å². The van der Waals surface area contributed by atoms with E-state index in [1.54, 1.807) is 0 Å². The number of aromatic nitrogens is 4. The van der Waals surface area contributed by atoms with Crippen LogP contribution in [0.25, 0.3) is 0 Å². The molecular weight excluding hydrogens is 262 g/mol. The van der Waals surface area contributed by atoms with Crippen LogP contribution >= 0.6 is 0 Å². The van der Waals surface area contributed by atoms with Gasteiger partial charge in [0.25, 0.3) is 0 Å². The largest absolute Gasteiger partial charge is 0.349 e. The zero-order chi connectivity index (χ0) is 15.0. The molecule has 5 nitrogen and oxygen atoms in total. The van der Waals surface area contributed by atoms with E-state index in [4.69, 9.17) is 4.98 Å².